The molecule has 0 bridgehead atoms. The standard InChI is InChI=1S/C16H18N4O2S/c1-20-8-7-12-13(10-20)23-16(18-12)19-15(22)14(21)17-9-11-5-3-2-4-6-11/h2-6H,7-10H2,1H3,(H,17,21)(H,18,19,22). The Morgan fingerprint density at radius 2 is 2.04 bits per heavy atom. The van der Waals surface area contributed by atoms with Crippen molar-refractivity contribution in [1.82, 2.24) is 15.2 Å². The second-order valence-electron chi connectivity index (χ2n) is 5.50. The van der Waals surface area contributed by atoms with E-state index in [1.165, 1.54) is 11.3 Å². The number of fused-ring (bicyclic) bond motifs is 1. The molecule has 0 unspecified atom stereocenters. The van der Waals surface area contributed by atoms with E-state index in [0.717, 1.165) is 35.6 Å². The molecule has 120 valence electrons. The van der Waals surface area contributed by atoms with Crippen molar-refractivity contribution in [3.8, 4) is 0 Å². The molecule has 1 aromatic carbocycles. The third kappa shape index (κ3) is 3.94. The molecule has 2 N–H and O–H groups in total. The van der Waals surface area contributed by atoms with Crippen molar-refractivity contribution in [2.45, 2.75) is 19.5 Å². The Kier molecular flexibility index (Phi) is 4.68. The maximum absolute atomic E-state index is 11.9. The van der Waals surface area contributed by atoms with Gasteiger partial charge in [-0.05, 0) is 12.6 Å². The highest BCUT2D eigenvalue weighted by Crippen LogP contribution is 2.27. The van der Waals surface area contributed by atoms with Gasteiger partial charge in [-0.2, -0.15) is 0 Å². The summed E-state index contributed by atoms with van der Waals surface area (Å²) >= 11 is 1.43. The zero-order valence-electron chi connectivity index (χ0n) is 12.8. The minimum atomic E-state index is -0.680. The summed E-state index contributed by atoms with van der Waals surface area (Å²) in [6.45, 7) is 2.12. The number of carbonyl (C=O) groups excluding carboxylic acids is 2. The van der Waals surface area contributed by atoms with Crippen LogP contribution in [0.1, 0.15) is 16.1 Å². The van der Waals surface area contributed by atoms with Gasteiger partial charge in [-0.15, -0.1) is 11.3 Å². The van der Waals surface area contributed by atoms with Gasteiger partial charge >= 0.3 is 11.8 Å². The number of thiazole rings is 1. The SMILES string of the molecule is CN1CCc2nc(NC(=O)C(=O)NCc3ccccc3)sc2C1. The predicted molar refractivity (Wildman–Crippen MR) is 89.1 cm³/mol. The fraction of sp³-hybridized carbons (Fsp3) is 0.312. The Morgan fingerprint density at radius 1 is 1.26 bits per heavy atom. The molecule has 6 nitrogen and oxygen atoms in total. The first-order valence-corrected chi connectivity index (χ1v) is 8.23. The summed E-state index contributed by atoms with van der Waals surface area (Å²) in [5.41, 5.74) is 1.97. The molecule has 2 heterocycles. The van der Waals surface area contributed by atoms with Gasteiger partial charge in [0.25, 0.3) is 0 Å². The zero-order valence-corrected chi connectivity index (χ0v) is 13.7. The summed E-state index contributed by atoms with van der Waals surface area (Å²) in [5, 5.41) is 5.68. The van der Waals surface area contributed by atoms with Crippen LogP contribution in [0.2, 0.25) is 0 Å². The Morgan fingerprint density at radius 3 is 2.83 bits per heavy atom. The molecule has 23 heavy (non-hydrogen) atoms. The van der Waals surface area contributed by atoms with Crippen LogP contribution in [0.3, 0.4) is 0 Å². The Labute approximate surface area is 138 Å². The second kappa shape index (κ2) is 6.89. The van der Waals surface area contributed by atoms with E-state index >= 15 is 0 Å². The molecule has 0 atom stereocenters. The van der Waals surface area contributed by atoms with Crippen LogP contribution in [-0.2, 0) is 29.1 Å². The largest absolute Gasteiger partial charge is 0.344 e. The van der Waals surface area contributed by atoms with Gasteiger partial charge < -0.3 is 10.2 Å². The molecule has 7 heteroatoms. The van der Waals surface area contributed by atoms with E-state index in [0.29, 0.717) is 11.7 Å². The summed E-state index contributed by atoms with van der Waals surface area (Å²) in [6.07, 6.45) is 0.873. The molecule has 2 amide bonds. The van der Waals surface area contributed by atoms with E-state index in [-0.39, 0.29) is 0 Å². The molecule has 0 saturated heterocycles. The number of carbonyl (C=O) groups is 2. The number of amides is 2. The lowest BCUT2D eigenvalue weighted by Gasteiger charge is -2.20. The first-order chi connectivity index (χ1) is 11.1. The van der Waals surface area contributed by atoms with Crippen LogP contribution in [0, 0.1) is 0 Å². The fourth-order valence-corrected chi connectivity index (χ4v) is 3.47. The van der Waals surface area contributed by atoms with Crippen LogP contribution in [0.15, 0.2) is 30.3 Å². The fourth-order valence-electron chi connectivity index (χ4n) is 2.39. The Hall–Kier alpha value is -2.25. The smallest absolute Gasteiger partial charge is 0.315 e. The molecular formula is C16H18N4O2S. The van der Waals surface area contributed by atoms with E-state index in [1.54, 1.807) is 0 Å². The molecule has 1 aliphatic heterocycles. The molecule has 0 saturated carbocycles. The monoisotopic (exact) mass is 330 g/mol. The molecule has 0 fully saturated rings. The number of hydrogen-bond donors (Lipinski definition) is 2. The molecule has 1 aliphatic rings. The Bertz CT molecular complexity index is 714. The number of aromatic nitrogens is 1. The van der Waals surface area contributed by atoms with Crippen LogP contribution < -0.4 is 10.6 Å². The third-order valence-electron chi connectivity index (χ3n) is 3.64. The molecule has 3 rings (SSSR count). The third-order valence-corrected chi connectivity index (χ3v) is 4.64. The maximum atomic E-state index is 11.9. The summed E-state index contributed by atoms with van der Waals surface area (Å²) in [4.78, 5) is 31.6. The van der Waals surface area contributed by atoms with Gasteiger partial charge in [-0.25, -0.2) is 4.98 Å². The van der Waals surface area contributed by atoms with Gasteiger partial charge in [-0.3, -0.25) is 14.9 Å². The van der Waals surface area contributed by atoms with Gasteiger partial charge in [-0.1, -0.05) is 30.3 Å². The van der Waals surface area contributed by atoms with Gasteiger partial charge in [0.2, 0.25) is 0 Å². The van der Waals surface area contributed by atoms with Crippen molar-refractivity contribution < 1.29 is 9.59 Å². The lowest BCUT2D eigenvalue weighted by molar-refractivity contribution is -0.136. The predicted octanol–water partition coefficient (Wildman–Crippen LogP) is 1.39. The summed E-state index contributed by atoms with van der Waals surface area (Å²) < 4.78 is 0. The van der Waals surface area contributed by atoms with Crippen LogP contribution in [0.4, 0.5) is 5.13 Å². The first kappa shape index (κ1) is 15.6. The minimum absolute atomic E-state index is 0.326. The molecular weight excluding hydrogens is 312 g/mol. The van der Waals surface area contributed by atoms with Gasteiger partial charge in [0, 0.05) is 30.9 Å². The average Bonchev–Trinajstić information content (AvgIpc) is 2.94. The van der Waals surface area contributed by atoms with Crippen molar-refractivity contribution in [2.75, 3.05) is 18.9 Å². The topological polar surface area (TPSA) is 74.3 Å². The van der Waals surface area contributed by atoms with E-state index in [2.05, 4.69) is 27.6 Å². The first-order valence-electron chi connectivity index (χ1n) is 7.42. The van der Waals surface area contributed by atoms with E-state index in [4.69, 9.17) is 0 Å². The van der Waals surface area contributed by atoms with Crippen LogP contribution in [0.25, 0.3) is 0 Å². The van der Waals surface area contributed by atoms with Crippen molar-refractivity contribution in [3.05, 3.63) is 46.5 Å². The number of benzene rings is 1. The quantitative estimate of drug-likeness (QED) is 0.834. The maximum Gasteiger partial charge on any atom is 0.315 e. The molecule has 0 radical (unpaired) electrons. The van der Waals surface area contributed by atoms with E-state index < -0.39 is 11.8 Å². The lowest BCUT2D eigenvalue weighted by atomic mass is 10.2. The van der Waals surface area contributed by atoms with Crippen LogP contribution in [-0.4, -0.2) is 35.3 Å². The lowest BCUT2D eigenvalue weighted by Crippen LogP contribution is -2.34. The number of rotatable bonds is 3. The molecule has 1 aromatic heterocycles. The van der Waals surface area contributed by atoms with Gasteiger partial charge in [0.05, 0.1) is 5.69 Å². The minimum Gasteiger partial charge on any atom is -0.344 e. The van der Waals surface area contributed by atoms with Crippen LogP contribution >= 0.6 is 11.3 Å². The summed E-state index contributed by atoms with van der Waals surface area (Å²) in [6, 6.07) is 9.46. The molecule has 0 spiro atoms. The number of nitrogens with zero attached hydrogens (tertiary/aromatic N) is 2. The van der Waals surface area contributed by atoms with Gasteiger partial charge in [0.15, 0.2) is 5.13 Å². The highest BCUT2D eigenvalue weighted by atomic mass is 32.1. The zero-order chi connectivity index (χ0) is 16.2. The van der Waals surface area contributed by atoms with Crippen molar-refractivity contribution in [3.63, 3.8) is 0 Å². The summed E-state index contributed by atoms with van der Waals surface area (Å²) in [7, 11) is 2.05. The van der Waals surface area contributed by atoms with E-state index in [1.807, 2.05) is 30.3 Å². The molecule has 2 aromatic rings. The number of nitrogens with one attached hydrogen (secondary N) is 2. The highest BCUT2D eigenvalue weighted by Gasteiger charge is 2.21. The van der Waals surface area contributed by atoms with Crippen molar-refractivity contribution in [2.24, 2.45) is 0 Å². The highest BCUT2D eigenvalue weighted by molar-refractivity contribution is 7.16. The normalized spacial score (nSPS) is 14.1. The van der Waals surface area contributed by atoms with Gasteiger partial charge in [0.1, 0.15) is 0 Å². The number of likely N-dealkylation sites (N-methyl/N-ethyl adjacent to an activating group) is 1. The number of hydrogen-bond acceptors (Lipinski definition) is 5. The van der Waals surface area contributed by atoms with Crippen molar-refractivity contribution in [1.29, 1.82) is 0 Å². The van der Waals surface area contributed by atoms with E-state index in [9.17, 15) is 9.59 Å². The average molecular weight is 330 g/mol. The van der Waals surface area contributed by atoms with Crippen molar-refractivity contribution >= 4 is 28.3 Å². The summed E-state index contributed by atoms with van der Waals surface area (Å²) in [5.74, 6) is -1.33. The Balaban J connectivity index is 1.55. The molecule has 0 aliphatic carbocycles. The second-order valence-corrected chi connectivity index (χ2v) is 6.58. The number of anilines is 1. The van der Waals surface area contributed by atoms with Crippen LogP contribution in [0.5, 0.6) is 0 Å².